The molecule has 1 saturated carbocycles. The molecule has 0 amide bonds. The molecule has 1 aliphatic rings. The number of rotatable bonds is 4. The number of hydrogen-bond donors (Lipinski definition) is 0. The monoisotopic (exact) mass is 204 g/mol. The summed E-state index contributed by atoms with van der Waals surface area (Å²) in [6, 6.07) is 6.60. The lowest BCUT2D eigenvalue weighted by atomic mass is 9.97. The molecule has 1 nitrogen and oxygen atoms in total. The van der Waals surface area contributed by atoms with Crippen LogP contribution in [0.2, 0.25) is 0 Å². The van der Waals surface area contributed by atoms with Gasteiger partial charge in [0.1, 0.15) is 5.75 Å². The van der Waals surface area contributed by atoms with Gasteiger partial charge in [0, 0.05) is 0 Å². The van der Waals surface area contributed by atoms with Gasteiger partial charge in [-0.3, -0.25) is 0 Å². The summed E-state index contributed by atoms with van der Waals surface area (Å²) in [7, 11) is 0. The first-order chi connectivity index (χ1) is 7.24. The topological polar surface area (TPSA) is 9.23 Å². The van der Waals surface area contributed by atoms with E-state index < -0.39 is 0 Å². The molecule has 0 heterocycles. The predicted octanol–water partition coefficient (Wildman–Crippen LogP) is 4.09. The Kier molecular flexibility index (Phi) is 2.99. The average molecular weight is 204 g/mol. The van der Waals surface area contributed by atoms with Gasteiger partial charge in [-0.05, 0) is 42.7 Å². The lowest BCUT2D eigenvalue weighted by Gasteiger charge is -2.16. The van der Waals surface area contributed by atoms with E-state index in [9.17, 15) is 0 Å². The van der Waals surface area contributed by atoms with E-state index in [1.807, 2.05) is 0 Å². The number of benzene rings is 1. The fourth-order valence-electron chi connectivity index (χ4n) is 2.05. The molecule has 0 unspecified atom stereocenters. The predicted molar refractivity (Wildman–Crippen MR) is 63.7 cm³/mol. The smallest absolute Gasteiger partial charge is 0.126 e. The van der Waals surface area contributed by atoms with E-state index >= 15 is 0 Å². The normalized spacial score (nSPS) is 15.7. The number of hydrogen-bond acceptors (Lipinski definition) is 1. The molecule has 0 N–H and O–H groups in total. The van der Waals surface area contributed by atoms with E-state index in [1.54, 1.807) is 0 Å². The lowest BCUT2D eigenvalue weighted by molar-refractivity contribution is 0.331. The van der Waals surface area contributed by atoms with Crippen molar-refractivity contribution < 1.29 is 4.74 Å². The second-order valence-electron chi connectivity index (χ2n) is 4.63. The highest BCUT2D eigenvalue weighted by Gasteiger charge is 2.28. The van der Waals surface area contributed by atoms with E-state index in [1.165, 1.54) is 24.0 Å². The molecule has 0 bridgehead atoms. The Morgan fingerprint density at radius 1 is 1.33 bits per heavy atom. The third-order valence-electron chi connectivity index (χ3n) is 3.00. The highest BCUT2D eigenvalue weighted by atomic mass is 16.5. The van der Waals surface area contributed by atoms with Crippen LogP contribution in [0.4, 0.5) is 0 Å². The van der Waals surface area contributed by atoms with Crippen molar-refractivity contribution in [3.8, 4) is 5.75 Å². The van der Waals surface area contributed by atoms with Gasteiger partial charge in [0.05, 0.1) is 6.61 Å². The summed E-state index contributed by atoms with van der Waals surface area (Å²) in [5.41, 5.74) is 2.80. The summed E-state index contributed by atoms with van der Waals surface area (Å²) in [6.07, 6.45) is 2.67. The largest absolute Gasteiger partial charge is 0.493 e. The minimum absolute atomic E-state index is 0.547. The molecule has 2 rings (SSSR count). The first-order valence-corrected chi connectivity index (χ1v) is 5.99. The van der Waals surface area contributed by atoms with Crippen LogP contribution < -0.4 is 4.74 Å². The lowest BCUT2D eigenvalue weighted by Crippen LogP contribution is -2.01. The molecule has 15 heavy (non-hydrogen) atoms. The summed E-state index contributed by atoms with van der Waals surface area (Å²) in [5.74, 6) is 2.48. The van der Waals surface area contributed by atoms with Crippen molar-refractivity contribution in [2.24, 2.45) is 0 Å². The highest BCUT2D eigenvalue weighted by Crippen LogP contribution is 2.46. The minimum atomic E-state index is 0.547. The Morgan fingerprint density at radius 2 is 2.07 bits per heavy atom. The second-order valence-corrected chi connectivity index (χ2v) is 4.63. The van der Waals surface area contributed by atoms with Crippen LogP contribution in [0, 0.1) is 0 Å². The van der Waals surface area contributed by atoms with Crippen LogP contribution >= 0.6 is 0 Å². The maximum atomic E-state index is 5.83. The van der Waals surface area contributed by atoms with Crippen molar-refractivity contribution in [3.05, 3.63) is 29.3 Å². The van der Waals surface area contributed by atoms with Gasteiger partial charge < -0.3 is 4.74 Å². The van der Waals surface area contributed by atoms with E-state index in [-0.39, 0.29) is 0 Å². The van der Waals surface area contributed by atoms with Crippen LogP contribution in [0.15, 0.2) is 18.2 Å². The zero-order valence-corrected chi connectivity index (χ0v) is 9.92. The molecule has 0 atom stereocenters. The molecule has 82 valence electrons. The zero-order chi connectivity index (χ0) is 10.8. The fourth-order valence-corrected chi connectivity index (χ4v) is 2.05. The van der Waals surface area contributed by atoms with Crippen LogP contribution in [0.25, 0.3) is 0 Å². The molecular weight excluding hydrogens is 184 g/mol. The van der Waals surface area contributed by atoms with Crippen molar-refractivity contribution in [1.29, 1.82) is 0 Å². The molecule has 1 aromatic rings. The second kappa shape index (κ2) is 4.26. The van der Waals surface area contributed by atoms with Gasteiger partial charge in [-0.1, -0.05) is 32.0 Å². The van der Waals surface area contributed by atoms with Gasteiger partial charge in [0.15, 0.2) is 0 Å². The van der Waals surface area contributed by atoms with Gasteiger partial charge in [-0.15, -0.1) is 0 Å². The number of para-hydroxylation sites is 1. The molecule has 1 fully saturated rings. The standard InChI is InChI=1S/C14H20O/c1-4-15-14-12(10(2)3)6-5-7-13(14)11-8-9-11/h5-7,10-11H,4,8-9H2,1-3H3. The summed E-state index contributed by atoms with van der Waals surface area (Å²) in [4.78, 5) is 0. The van der Waals surface area contributed by atoms with E-state index in [2.05, 4.69) is 39.0 Å². The summed E-state index contributed by atoms with van der Waals surface area (Å²) < 4.78 is 5.83. The summed E-state index contributed by atoms with van der Waals surface area (Å²) in [6.45, 7) is 7.29. The third kappa shape index (κ3) is 2.17. The van der Waals surface area contributed by atoms with Gasteiger partial charge in [0.25, 0.3) is 0 Å². The van der Waals surface area contributed by atoms with Crippen molar-refractivity contribution in [2.45, 2.75) is 45.4 Å². The summed E-state index contributed by atoms with van der Waals surface area (Å²) >= 11 is 0. The highest BCUT2D eigenvalue weighted by molar-refractivity contribution is 5.46. The molecule has 1 aromatic carbocycles. The van der Waals surface area contributed by atoms with E-state index in [0.717, 1.165) is 18.3 Å². The van der Waals surface area contributed by atoms with E-state index in [0.29, 0.717) is 5.92 Å². The van der Waals surface area contributed by atoms with Gasteiger partial charge in [-0.25, -0.2) is 0 Å². The Balaban J connectivity index is 2.40. The maximum absolute atomic E-state index is 5.83. The molecule has 0 spiro atoms. The average Bonchev–Trinajstić information content (AvgIpc) is 3.01. The Hall–Kier alpha value is -0.980. The summed E-state index contributed by atoms with van der Waals surface area (Å²) in [5, 5.41) is 0. The van der Waals surface area contributed by atoms with Crippen molar-refractivity contribution >= 4 is 0 Å². The zero-order valence-electron chi connectivity index (χ0n) is 9.92. The third-order valence-corrected chi connectivity index (χ3v) is 3.00. The Morgan fingerprint density at radius 3 is 2.60 bits per heavy atom. The molecular formula is C14H20O. The van der Waals surface area contributed by atoms with Crippen molar-refractivity contribution in [2.75, 3.05) is 6.61 Å². The molecule has 1 heteroatoms. The van der Waals surface area contributed by atoms with Crippen molar-refractivity contribution in [1.82, 2.24) is 0 Å². The molecule has 0 aliphatic heterocycles. The molecule has 0 aromatic heterocycles. The fraction of sp³-hybridized carbons (Fsp3) is 0.571. The molecule has 0 radical (unpaired) electrons. The van der Waals surface area contributed by atoms with Gasteiger partial charge in [-0.2, -0.15) is 0 Å². The molecule has 0 saturated heterocycles. The first kappa shape index (κ1) is 10.5. The Bertz CT molecular complexity index is 317. The van der Waals surface area contributed by atoms with Gasteiger partial charge in [0.2, 0.25) is 0 Å². The van der Waals surface area contributed by atoms with Crippen LogP contribution in [0.1, 0.15) is 56.6 Å². The Labute approximate surface area is 92.5 Å². The molecule has 1 aliphatic carbocycles. The van der Waals surface area contributed by atoms with Crippen LogP contribution in [-0.4, -0.2) is 6.61 Å². The number of ether oxygens (including phenoxy) is 1. The minimum Gasteiger partial charge on any atom is -0.493 e. The van der Waals surface area contributed by atoms with Crippen LogP contribution in [0.3, 0.4) is 0 Å². The quantitative estimate of drug-likeness (QED) is 0.718. The van der Waals surface area contributed by atoms with Crippen LogP contribution in [-0.2, 0) is 0 Å². The van der Waals surface area contributed by atoms with Gasteiger partial charge >= 0.3 is 0 Å². The SMILES string of the molecule is CCOc1c(C(C)C)cccc1C1CC1. The van der Waals surface area contributed by atoms with Crippen molar-refractivity contribution in [3.63, 3.8) is 0 Å². The maximum Gasteiger partial charge on any atom is 0.126 e. The van der Waals surface area contributed by atoms with E-state index in [4.69, 9.17) is 4.74 Å². The first-order valence-electron chi connectivity index (χ1n) is 5.99. The van der Waals surface area contributed by atoms with Crippen LogP contribution in [0.5, 0.6) is 5.75 Å².